The first-order chi connectivity index (χ1) is 4.68. The summed E-state index contributed by atoms with van der Waals surface area (Å²) in [6, 6.07) is 0. The lowest BCUT2D eigenvalue weighted by Crippen LogP contribution is -2.09. The zero-order valence-corrected chi connectivity index (χ0v) is 7.09. The maximum atomic E-state index is 7.92. The Hall–Kier alpha value is -0.120. The second kappa shape index (κ2) is 11.6. The summed E-state index contributed by atoms with van der Waals surface area (Å²) in [6.07, 6.45) is -0.699. The van der Waals surface area contributed by atoms with E-state index < -0.39 is 6.29 Å². The summed E-state index contributed by atoms with van der Waals surface area (Å²) in [7, 11) is 0. The molecule has 0 aromatic carbocycles. The second-order valence-electron chi connectivity index (χ2n) is 1.85. The largest absolute Gasteiger partial charge is 0.368 e. The summed E-state index contributed by atoms with van der Waals surface area (Å²) in [4.78, 5) is 0. The topological polar surface area (TPSA) is 52.5 Å². The monoisotopic (exact) mass is 149 g/mol. The number of aliphatic hydroxyl groups excluding tert-OH is 1. The van der Waals surface area contributed by atoms with Gasteiger partial charge in [-0.1, -0.05) is 20.8 Å². The fourth-order valence-corrected chi connectivity index (χ4v) is 0.250. The number of nitrogens with one attached hydrogen (secondary N) is 1. The highest BCUT2D eigenvalue weighted by Crippen LogP contribution is 1.77. The number of hydrogen-bond donors (Lipinski definition) is 3. The molecule has 0 aromatic heterocycles. The van der Waals surface area contributed by atoms with Crippen LogP contribution in [0.15, 0.2) is 0 Å². The van der Waals surface area contributed by atoms with Crippen LogP contribution in [0.5, 0.6) is 0 Å². The molecule has 64 valence electrons. The molecule has 0 atom stereocenters. The van der Waals surface area contributed by atoms with E-state index in [2.05, 4.69) is 19.2 Å². The Labute approximate surface area is 63.1 Å². The Morgan fingerprint density at radius 3 is 1.40 bits per heavy atom. The van der Waals surface area contributed by atoms with Crippen LogP contribution in [0.1, 0.15) is 27.2 Å². The maximum absolute atomic E-state index is 7.92. The van der Waals surface area contributed by atoms with Crippen LogP contribution in [-0.2, 0) is 0 Å². The fourth-order valence-electron chi connectivity index (χ4n) is 0.250. The van der Waals surface area contributed by atoms with Crippen molar-refractivity contribution in [3.05, 3.63) is 0 Å². The van der Waals surface area contributed by atoms with E-state index in [0.717, 1.165) is 13.1 Å². The number of aliphatic hydroxyl groups is 2. The van der Waals surface area contributed by atoms with Gasteiger partial charge in [0.15, 0.2) is 6.29 Å². The molecule has 3 N–H and O–H groups in total. The summed E-state index contributed by atoms with van der Waals surface area (Å²) in [5.41, 5.74) is 0. The molecule has 0 radical (unpaired) electrons. The Balaban J connectivity index is 0. The van der Waals surface area contributed by atoms with Gasteiger partial charge in [0.05, 0.1) is 0 Å². The molecule has 0 unspecified atom stereocenters. The van der Waals surface area contributed by atoms with E-state index in [-0.39, 0.29) is 0 Å². The Bertz CT molecular complexity index is 46.9. The van der Waals surface area contributed by atoms with Crippen molar-refractivity contribution >= 4 is 0 Å². The van der Waals surface area contributed by atoms with Gasteiger partial charge in [-0.25, -0.2) is 0 Å². The van der Waals surface area contributed by atoms with Crippen LogP contribution in [0, 0.1) is 0 Å². The van der Waals surface area contributed by atoms with Crippen molar-refractivity contribution in [3.63, 3.8) is 0 Å². The Morgan fingerprint density at radius 2 is 1.40 bits per heavy atom. The number of hydrogen-bond acceptors (Lipinski definition) is 3. The van der Waals surface area contributed by atoms with Crippen LogP contribution >= 0.6 is 0 Å². The van der Waals surface area contributed by atoms with E-state index in [9.17, 15) is 0 Å². The van der Waals surface area contributed by atoms with Crippen molar-refractivity contribution in [1.82, 2.24) is 5.32 Å². The molecule has 0 rings (SSSR count). The lowest BCUT2D eigenvalue weighted by Gasteiger charge is -1.90. The van der Waals surface area contributed by atoms with E-state index in [0.29, 0.717) is 6.42 Å². The highest BCUT2D eigenvalue weighted by atomic mass is 16.5. The van der Waals surface area contributed by atoms with E-state index in [1.807, 2.05) is 0 Å². The fraction of sp³-hybridized carbons (Fsp3) is 1.00. The first-order valence-electron chi connectivity index (χ1n) is 3.75. The summed E-state index contributed by atoms with van der Waals surface area (Å²) in [5.74, 6) is 0. The molecular formula is C7H19NO2. The van der Waals surface area contributed by atoms with Gasteiger partial charge in [-0.3, -0.25) is 0 Å². The van der Waals surface area contributed by atoms with Gasteiger partial charge in [0, 0.05) is 0 Å². The summed E-state index contributed by atoms with van der Waals surface area (Å²) in [6.45, 7) is 8.09. The third-order valence-corrected chi connectivity index (χ3v) is 0.865. The average molecular weight is 149 g/mol. The van der Waals surface area contributed by atoms with Gasteiger partial charge in [0.2, 0.25) is 0 Å². The van der Waals surface area contributed by atoms with Gasteiger partial charge in [0.25, 0.3) is 0 Å². The molecule has 0 spiro atoms. The molecule has 0 aromatic rings. The van der Waals surface area contributed by atoms with Crippen molar-refractivity contribution < 1.29 is 10.2 Å². The van der Waals surface area contributed by atoms with Crippen LogP contribution in [0.25, 0.3) is 0 Å². The zero-order chi connectivity index (χ0) is 8.41. The van der Waals surface area contributed by atoms with Crippen LogP contribution in [0.2, 0.25) is 0 Å². The number of rotatable bonds is 3. The van der Waals surface area contributed by atoms with Crippen molar-refractivity contribution in [1.29, 1.82) is 0 Å². The molecule has 0 bridgehead atoms. The lowest BCUT2D eigenvalue weighted by atomic mass is 10.5. The third kappa shape index (κ3) is 24.8. The van der Waals surface area contributed by atoms with Crippen molar-refractivity contribution in [2.75, 3.05) is 13.1 Å². The van der Waals surface area contributed by atoms with Crippen LogP contribution in [0.4, 0.5) is 0 Å². The molecule has 0 fully saturated rings. The Kier molecular flexibility index (Phi) is 14.6. The highest BCUT2D eigenvalue weighted by Gasteiger charge is 1.83. The van der Waals surface area contributed by atoms with Gasteiger partial charge < -0.3 is 15.5 Å². The molecule has 0 saturated heterocycles. The van der Waals surface area contributed by atoms with Gasteiger partial charge >= 0.3 is 0 Å². The average Bonchev–Trinajstić information content (AvgIpc) is 1.91. The van der Waals surface area contributed by atoms with Crippen LogP contribution in [-0.4, -0.2) is 29.6 Å². The first kappa shape index (κ1) is 12.5. The third-order valence-electron chi connectivity index (χ3n) is 0.865. The zero-order valence-electron chi connectivity index (χ0n) is 7.09. The lowest BCUT2D eigenvalue weighted by molar-refractivity contribution is -0.0413. The van der Waals surface area contributed by atoms with Gasteiger partial charge in [-0.2, -0.15) is 0 Å². The molecular weight excluding hydrogens is 130 g/mol. The predicted molar refractivity (Wildman–Crippen MR) is 42.7 cm³/mol. The second-order valence-corrected chi connectivity index (χ2v) is 1.85. The normalized spacial score (nSPS) is 9.00. The minimum Gasteiger partial charge on any atom is -0.368 e. The van der Waals surface area contributed by atoms with Crippen LogP contribution < -0.4 is 5.32 Å². The maximum Gasteiger partial charge on any atom is 0.151 e. The van der Waals surface area contributed by atoms with Crippen molar-refractivity contribution in [2.24, 2.45) is 0 Å². The standard InChI is InChI=1S/C4H11N.C3H8O2/c1-3-5-4-2;1-2-3(4)5/h5H,3-4H2,1-2H3;3-5H,2H2,1H3. The van der Waals surface area contributed by atoms with Gasteiger partial charge in [-0.15, -0.1) is 0 Å². The molecule has 0 heterocycles. The SMILES string of the molecule is CCC(O)O.CCNCC. The van der Waals surface area contributed by atoms with E-state index in [4.69, 9.17) is 10.2 Å². The van der Waals surface area contributed by atoms with E-state index >= 15 is 0 Å². The quantitative estimate of drug-likeness (QED) is 0.507. The molecule has 0 aliphatic heterocycles. The molecule has 0 saturated carbocycles. The first-order valence-corrected chi connectivity index (χ1v) is 3.75. The minimum absolute atomic E-state index is 0.417. The minimum atomic E-state index is -1.12. The molecule has 0 aliphatic rings. The van der Waals surface area contributed by atoms with E-state index in [1.165, 1.54) is 0 Å². The predicted octanol–water partition coefficient (Wildman–Crippen LogP) is 0.323. The molecule has 10 heavy (non-hydrogen) atoms. The van der Waals surface area contributed by atoms with Crippen molar-refractivity contribution in [3.8, 4) is 0 Å². The summed E-state index contributed by atoms with van der Waals surface area (Å²) in [5, 5.41) is 18.9. The molecule has 0 aliphatic carbocycles. The Morgan fingerprint density at radius 1 is 1.10 bits per heavy atom. The van der Waals surface area contributed by atoms with E-state index in [1.54, 1.807) is 6.92 Å². The van der Waals surface area contributed by atoms with Crippen LogP contribution in [0.3, 0.4) is 0 Å². The summed E-state index contributed by atoms with van der Waals surface area (Å²) >= 11 is 0. The molecule has 0 amide bonds. The van der Waals surface area contributed by atoms with Crippen molar-refractivity contribution in [2.45, 2.75) is 33.5 Å². The smallest absolute Gasteiger partial charge is 0.151 e. The highest BCUT2D eigenvalue weighted by molar-refractivity contribution is 4.27. The molecule has 3 heteroatoms. The van der Waals surface area contributed by atoms with Gasteiger partial charge in [0.1, 0.15) is 0 Å². The summed E-state index contributed by atoms with van der Waals surface area (Å²) < 4.78 is 0. The molecule has 3 nitrogen and oxygen atoms in total. The van der Waals surface area contributed by atoms with Gasteiger partial charge in [-0.05, 0) is 19.5 Å².